The predicted molar refractivity (Wildman–Crippen MR) is 66.9 cm³/mol. The van der Waals surface area contributed by atoms with Crippen molar-refractivity contribution >= 4 is 17.6 Å². The van der Waals surface area contributed by atoms with Gasteiger partial charge in [0.15, 0.2) is 0 Å². The molecule has 1 rings (SSSR count). The Bertz CT molecular complexity index is 446. The van der Waals surface area contributed by atoms with Crippen LogP contribution in [0.2, 0.25) is 5.02 Å². The SMILES string of the molecule is COc1cc(C)c(Cl)c(C)c1C(CN)C(=O)O. The second-order valence-corrected chi connectivity index (χ2v) is 4.25. The van der Waals surface area contributed by atoms with E-state index in [1.165, 1.54) is 7.11 Å². The fourth-order valence-corrected chi connectivity index (χ4v) is 2.04. The number of hydrogen-bond donors (Lipinski definition) is 2. The van der Waals surface area contributed by atoms with Crippen molar-refractivity contribution in [3.05, 3.63) is 27.8 Å². The van der Waals surface area contributed by atoms with Crippen LogP contribution in [0.4, 0.5) is 0 Å². The van der Waals surface area contributed by atoms with Gasteiger partial charge in [-0.15, -0.1) is 0 Å². The van der Waals surface area contributed by atoms with Crippen molar-refractivity contribution in [3.63, 3.8) is 0 Å². The highest BCUT2D eigenvalue weighted by molar-refractivity contribution is 6.32. The third kappa shape index (κ3) is 2.53. The maximum absolute atomic E-state index is 11.2. The Morgan fingerprint density at radius 3 is 2.59 bits per heavy atom. The molecule has 1 unspecified atom stereocenters. The number of carbonyl (C=O) groups is 1. The minimum atomic E-state index is -0.978. The van der Waals surface area contributed by atoms with Gasteiger partial charge in [0.05, 0.1) is 13.0 Å². The molecule has 4 nitrogen and oxygen atoms in total. The molecular weight excluding hydrogens is 242 g/mol. The van der Waals surface area contributed by atoms with Crippen molar-refractivity contribution in [2.75, 3.05) is 13.7 Å². The van der Waals surface area contributed by atoms with Gasteiger partial charge in [0.1, 0.15) is 5.75 Å². The number of halogens is 1. The van der Waals surface area contributed by atoms with Crippen molar-refractivity contribution in [1.29, 1.82) is 0 Å². The molecular formula is C12H16ClNO3. The van der Waals surface area contributed by atoms with E-state index in [0.717, 1.165) is 5.56 Å². The van der Waals surface area contributed by atoms with E-state index in [1.54, 1.807) is 13.0 Å². The van der Waals surface area contributed by atoms with Crippen LogP contribution >= 0.6 is 11.6 Å². The van der Waals surface area contributed by atoms with E-state index in [1.807, 2.05) is 6.92 Å². The van der Waals surface area contributed by atoms with Crippen molar-refractivity contribution in [2.24, 2.45) is 5.73 Å². The topological polar surface area (TPSA) is 72.5 Å². The lowest BCUT2D eigenvalue weighted by Gasteiger charge is -2.19. The van der Waals surface area contributed by atoms with Crippen LogP contribution in [0, 0.1) is 13.8 Å². The quantitative estimate of drug-likeness (QED) is 0.866. The minimum Gasteiger partial charge on any atom is -0.496 e. The van der Waals surface area contributed by atoms with E-state index in [2.05, 4.69) is 0 Å². The fourth-order valence-electron chi connectivity index (χ4n) is 1.88. The van der Waals surface area contributed by atoms with Gasteiger partial charge in [-0.25, -0.2) is 0 Å². The van der Waals surface area contributed by atoms with E-state index in [-0.39, 0.29) is 6.54 Å². The summed E-state index contributed by atoms with van der Waals surface area (Å²) in [7, 11) is 1.50. The van der Waals surface area contributed by atoms with E-state index in [9.17, 15) is 4.79 Å². The number of carboxylic acid groups (broad SMARTS) is 1. The number of aliphatic carboxylic acids is 1. The summed E-state index contributed by atoms with van der Waals surface area (Å²) in [5, 5.41) is 9.71. The number of nitrogens with two attached hydrogens (primary N) is 1. The van der Waals surface area contributed by atoms with Gasteiger partial charge < -0.3 is 15.6 Å². The van der Waals surface area contributed by atoms with Crippen LogP contribution in [0.5, 0.6) is 5.75 Å². The average molecular weight is 258 g/mol. The number of benzene rings is 1. The molecule has 94 valence electrons. The lowest BCUT2D eigenvalue weighted by atomic mass is 9.92. The molecule has 1 aromatic carbocycles. The van der Waals surface area contributed by atoms with Gasteiger partial charge in [-0.05, 0) is 31.0 Å². The molecule has 0 fully saturated rings. The molecule has 0 aliphatic heterocycles. The summed E-state index contributed by atoms with van der Waals surface area (Å²) < 4.78 is 5.22. The van der Waals surface area contributed by atoms with Gasteiger partial charge in [-0.2, -0.15) is 0 Å². The highest BCUT2D eigenvalue weighted by atomic mass is 35.5. The van der Waals surface area contributed by atoms with E-state index in [0.29, 0.717) is 21.9 Å². The van der Waals surface area contributed by atoms with Gasteiger partial charge in [0.2, 0.25) is 0 Å². The van der Waals surface area contributed by atoms with E-state index in [4.69, 9.17) is 27.2 Å². The Morgan fingerprint density at radius 2 is 2.18 bits per heavy atom. The first-order valence-corrected chi connectivity index (χ1v) is 5.58. The fraction of sp³-hybridized carbons (Fsp3) is 0.417. The molecule has 0 bridgehead atoms. The maximum atomic E-state index is 11.2. The molecule has 1 atom stereocenters. The van der Waals surface area contributed by atoms with Crippen LogP contribution in [0.25, 0.3) is 0 Å². The standard InChI is InChI=1S/C12H16ClNO3/c1-6-4-9(17-3)10(7(2)11(6)13)8(5-14)12(15)16/h4,8H,5,14H2,1-3H3,(H,15,16). The summed E-state index contributed by atoms with van der Waals surface area (Å²) in [6.07, 6.45) is 0. The van der Waals surface area contributed by atoms with Crippen LogP contribution in [-0.4, -0.2) is 24.7 Å². The Balaban J connectivity index is 3.49. The largest absolute Gasteiger partial charge is 0.496 e. The highest BCUT2D eigenvalue weighted by Gasteiger charge is 2.25. The zero-order valence-electron chi connectivity index (χ0n) is 10.1. The van der Waals surface area contributed by atoms with Crippen LogP contribution in [0.3, 0.4) is 0 Å². The molecule has 0 saturated heterocycles. The summed E-state index contributed by atoms with van der Waals surface area (Å²) in [6, 6.07) is 1.73. The number of rotatable bonds is 4. The lowest BCUT2D eigenvalue weighted by molar-refractivity contribution is -0.138. The minimum absolute atomic E-state index is 0.00588. The maximum Gasteiger partial charge on any atom is 0.312 e. The number of hydrogen-bond acceptors (Lipinski definition) is 3. The third-order valence-electron chi connectivity index (χ3n) is 2.79. The second kappa shape index (κ2) is 5.38. The number of ether oxygens (including phenoxy) is 1. The third-order valence-corrected chi connectivity index (χ3v) is 3.38. The van der Waals surface area contributed by atoms with Crippen molar-refractivity contribution in [2.45, 2.75) is 19.8 Å². The first-order valence-electron chi connectivity index (χ1n) is 5.20. The van der Waals surface area contributed by atoms with Crippen molar-refractivity contribution in [1.82, 2.24) is 0 Å². The van der Waals surface area contributed by atoms with E-state index < -0.39 is 11.9 Å². The molecule has 0 saturated carbocycles. The average Bonchev–Trinajstić information content (AvgIpc) is 2.29. The molecule has 5 heteroatoms. The Hall–Kier alpha value is -1.26. The molecule has 0 heterocycles. The van der Waals surface area contributed by atoms with Gasteiger partial charge in [0, 0.05) is 17.1 Å². The van der Waals surface area contributed by atoms with Crippen LogP contribution < -0.4 is 10.5 Å². The van der Waals surface area contributed by atoms with Crippen LogP contribution in [-0.2, 0) is 4.79 Å². The van der Waals surface area contributed by atoms with Crippen molar-refractivity contribution < 1.29 is 14.6 Å². The van der Waals surface area contributed by atoms with E-state index >= 15 is 0 Å². The predicted octanol–water partition coefficient (Wildman–Crippen LogP) is 2.09. The first kappa shape index (κ1) is 13.8. The summed E-state index contributed by atoms with van der Waals surface area (Å²) >= 11 is 6.13. The molecule has 17 heavy (non-hydrogen) atoms. The molecule has 0 radical (unpaired) electrons. The van der Waals surface area contributed by atoms with Gasteiger partial charge in [-0.1, -0.05) is 11.6 Å². The molecule has 0 aliphatic carbocycles. The molecule has 0 aromatic heterocycles. The normalized spacial score (nSPS) is 12.3. The summed E-state index contributed by atoms with van der Waals surface area (Å²) in [5.41, 5.74) is 7.62. The van der Waals surface area contributed by atoms with Crippen LogP contribution in [0.15, 0.2) is 6.07 Å². The molecule has 3 N–H and O–H groups in total. The molecule has 0 amide bonds. The molecule has 0 aliphatic rings. The highest BCUT2D eigenvalue weighted by Crippen LogP contribution is 2.36. The van der Waals surface area contributed by atoms with Gasteiger partial charge in [-0.3, -0.25) is 4.79 Å². The molecule has 0 spiro atoms. The zero-order chi connectivity index (χ0) is 13.2. The van der Waals surface area contributed by atoms with Gasteiger partial charge in [0.25, 0.3) is 0 Å². The number of methoxy groups -OCH3 is 1. The second-order valence-electron chi connectivity index (χ2n) is 3.87. The Labute approximate surface area is 105 Å². The summed E-state index contributed by atoms with van der Waals surface area (Å²) in [6.45, 7) is 3.63. The Morgan fingerprint density at radius 1 is 1.59 bits per heavy atom. The zero-order valence-corrected chi connectivity index (χ0v) is 10.8. The van der Waals surface area contributed by atoms with Gasteiger partial charge >= 0.3 is 5.97 Å². The van der Waals surface area contributed by atoms with Crippen LogP contribution in [0.1, 0.15) is 22.6 Å². The Kier molecular flexibility index (Phi) is 4.37. The van der Waals surface area contributed by atoms with Crippen molar-refractivity contribution in [3.8, 4) is 5.75 Å². The lowest BCUT2D eigenvalue weighted by Crippen LogP contribution is -2.23. The summed E-state index contributed by atoms with van der Waals surface area (Å²) in [5.74, 6) is -1.26. The number of aryl methyl sites for hydroxylation is 1. The monoisotopic (exact) mass is 257 g/mol. The smallest absolute Gasteiger partial charge is 0.312 e. The first-order chi connectivity index (χ1) is 7.93. The number of carboxylic acids is 1. The molecule has 1 aromatic rings. The summed E-state index contributed by atoms with van der Waals surface area (Å²) in [4.78, 5) is 11.2.